The van der Waals surface area contributed by atoms with Crippen molar-refractivity contribution in [1.29, 1.82) is 0 Å². The molecule has 65 heavy (non-hydrogen) atoms. The number of benzene rings is 6. The molecule has 2 atom stereocenters. The number of carbonyl (C=O) groups is 3. The third-order valence-corrected chi connectivity index (χ3v) is 14.8. The Labute approximate surface area is 388 Å². The number of anilines is 3. The van der Waals surface area contributed by atoms with Crippen molar-refractivity contribution in [3.63, 3.8) is 0 Å². The number of amides is 1. The number of para-hydroxylation sites is 3. The van der Waals surface area contributed by atoms with Gasteiger partial charge in [-0.3, -0.25) is 18.4 Å². The van der Waals surface area contributed by atoms with Crippen molar-refractivity contribution >= 4 is 68.3 Å². The summed E-state index contributed by atoms with van der Waals surface area (Å²) in [6, 6.07) is 46.2. The molecule has 3 aliphatic rings. The summed E-state index contributed by atoms with van der Waals surface area (Å²) < 4.78 is 33.5. The van der Waals surface area contributed by atoms with E-state index in [2.05, 4.69) is 39.0 Å². The fourth-order valence-electron chi connectivity index (χ4n) is 7.60. The summed E-state index contributed by atoms with van der Waals surface area (Å²) >= 11 is 1.91. The van der Waals surface area contributed by atoms with Crippen molar-refractivity contribution in [2.24, 2.45) is 0 Å². The molecule has 0 aromatic heterocycles. The lowest BCUT2D eigenvalue weighted by Crippen LogP contribution is -2.32. The highest BCUT2D eigenvalue weighted by atomic mass is 32.2. The van der Waals surface area contributed by atoms with E-state index in [1.54, 1.807) is 29.7 Å². The molecule has 0 bridgehead atoms. The van der Waals surface area contributed by atoms with E-state index in [0.717, 1.165) is 70.8 Å². The largest absolute Gasteiger partial charge is 0.465 e. The van der Waals surface area contributed by atoms with Crippen molar-refractivity contribution in [1.82, 2.24) is 5.48 Å². The first-order valence-electron chi connectivity index (χ1n) is 20.9. The molecule has 15 heteroatoms. The van der Waals surface area contributed by atoms with E-state index in [1.807, 2.05) is 109 Å². The molecule has 2 N–H and O–H groups in total. The first kappa shape index (κ1) is 46.7. The predicted molar refractivity (Wildman–Crippen MR) is 257 cm³/mol. The number of thioether (sulfide) groups is 1. The van der Waals surface area contributed by atoms with Crippen molar-refractivity contribution in [3.05, 3.63) is 179 Å². The van der Waals surface area contributed by atoms with E-state index in [4.69, 9.17) is 14.7 Å². The molecule has 0 aliphatic carbocycles. The second-order valence-electron chi connectivity index (χ2n) is 15.1. The molecule has 0 saturated heterocycles. The summed E-state index contributed by atoms with van der Waals surface area (Å²) in [4.78, 5) is 44.1. The Balaban J connectivity index is 0.000000145. The van der Waals surface area contributed by atoms with Gasteiger partial charge in [-0.15, -0.1) is 11.8 Å². The fourth-order valence-corrected chi connectivity index (χ4v) is 11.2. The molecular weight excluding hydrogens is 881 g/mol. The zero-order chi connectivity index (χ0) is 45.7. The molecule has 6 aromatic rings. The minimum Gasteiger partial charge on any atom is -0.465 e. The highest BCUT2D eigenvalue weighted by Crippen LogP contribution is 2.35. The normalized spacial score (nSPS) is 15.9. The number of rotatable bonds is 9. The topological polar surface area (TPSA) is 146 Å². The molecule has 6 aromatic carbocycles. The van der Waals surface area contributed by atoms with Crippen LogP contribution in [0.3, 0.4) is 0 Å². The van der Waals surface area contributed by atoms with Crippen LogP contribution in [0.1, 0.15) is 47.8 Å². The maximum Gasteiger partial charge on any atom is 0.337 e. The number of esters is 2. The molecule has 0 radical (unpaired) electrons. The second kappa shape index (κ2) is 22.6. The van der Waals surface area contributed by atoms with Crippen LogP contribution in [0.5, 0.6) is 0 Å². The molecule has 9 rings (SSSR count). The van der Waals surface area contributed by atoms with Crippen molar-refractivity contribution in [3.8, 4) is 0 Å². The Morgan fingerprint density at radius 2 is 0.923 bits per heavy atom. The van der Waals surface area contributed by atoms with Crippen LogP contribution in [-0.2, 0) is 50.7 Å². The van der Waals surface area contributed by atoms with Crippen LogP contribution in [0.2, 0.25) is 0 Å². The van der Waals surface area contributed by atoms with Gasteiger partial charge in [0.2, 0.25) is 0 Å². The van der Waals surface area contributed by atoms with E-state index < -0.39 is 27.5 Å². The van der Waals surface area contributed by atoms with Gasteiger partial charge in [0.25, 0.3) is 5.91 Å². The molecule has 336 valence electrons. The first-order valence-corrected chi connectivity index (χ1v) is 24.6. The molecule has 0 fully saturated rings. The van der Waals surface area contributed by atoms with Crippen LogP contribution < -0.4 is 20.2 Å². The highest BCUT2D eigenvalue weighted by Gasteiger charge is 2.23. The minimum absolute atomic E-state index is 0.290. The number of hydrogen-bond acceptors (Lipinski definition) is 12. The van der Waals surface area contributed by atoms with Crippen LogP contribution in [0.15, 0.2) is 160 Å². The van der Waals surface area contributed by atoms with Crippen LogP contribution in [-0.4, -0.2) is 82.6 Å². The van der Waals surface area contributed by atoms with Crippen LogP contribution in [0, 0.1) is 0 Å². The van der Waals surface area contributed by atoms with Gasteiger partial charge in [0, 0.05) is 67.0 Å². The summed E-state index contributed by atoms with van der Waals surface area (Å²) in [5.74, 6) is 1.24. The SMILES string of the molecule is COC(=O)c1ccc(CN2CCS(=O)c3ccccc32)cc1.COC(=O)c1ccc(CN2CCSc3ccccc32)cc1.O=C(NO)c1ccc(CN2CCS(=O)c3ccccc32)cc1. The summed E-state index contributed by atoms with van der Waals surface area (Å²) in [7, 11) is 0.942. The number of nitrogens with zero attached hydrogens (tertiary/aromatic N) is 3. The number of ether oxygens (including phenoxy) is 2. The molecule has 12 nitrogen and oxygen atoms in total. The molecule has 3 aliphatic heterocycles. The van der Waals surface area contributed by atoms with Crippen LogP contribution >= 0.6 is 11.8 Å². The number of nitrogens with one attached hydrogen (secondary N) is 1. The van der Waals surface area contributed by atoms with Gasteiger partial charge in [-0.1, -0.05) is 72.8 Å². The van der Waals surface area contributed by atoms with E-state index in [9.17, 15) is 22.8 Å². The van der Waals surface area contributed by atoms with E-state index in [0.29, 0.717) is 34.7 Å². The smallest absolute Gasteiger partial charge is 0.337 e. The standard InChI is InChI=1S/C17H17NO3S.C17H17NO2S.C16H16N2O3S/c1-21-17(19)14-8-6-13(7-9-14)12-18-10-11-22(20)16-5-3-2-4-15(16)18;1-20-17(19)14-8-6-13(7-9-14)12-18-10-11-21-16-5-3-2-4-15(16)18;19-16(17-20)13-7-5-12(6-8-13)11-18-9-10-22(21)15-4-2-1-3-14(15)18/h2-9H,10-12H2,1H3;2-9H,10-12H2,1H3;1-8,20H,9-11H2,(H,17,19). The lowest BCUT2D eigenvalue weighted by Gasteiger charge is -2.30. The summed E-state index contributed by atoms with van der Waals surface area (Å²) in [6.07, 6.45) is 0. The zero-order valence-corrected chi connectivity index (χ0v) is 38.5. The van der Waals surface area contributed by atoms with Gasteiger partial charge in [-0.2, -0.15) is 0 Å². The van der Waals surface area contributed by atoms with E-state index >= 15 is 0 Å². The quantitative estimate of drug-likeness (QED) is 0.0821. The van der Waals surface area contributed by atoms with Gasteiger partial charge in [0.05, 0.1) is 73.8 Å². The van der Waals surface area contributed by atoms with Gasteiger partial charge in [0.15, 0.2) is 0 Å². The molecule has 1 amide bonds. The van der Waals surface area contributed by atoms with E-state index in [-0.39, 0.29) is 11.9 Å². The lowest BCUT2D eigenvalue weighted by molar-refractivity contribution is 0.0592. The Morgan fingerprint density at radius 3 is 1.35 bits per heavy atom. The Kier molecular flexibility index (Phi) is 16.2. The van der Waals surface area contributed by atoms with Gasteiger partial charge in [-0.25, -0.2) is 15.1 Å². The Bertz CT molecular complexity index is 2520. The summed E-state index contributed by atoms with van der Waals surface area (Å²) in [5, 5.41) is 8.62. The predicted octanol–water partition coefficient (Wildman–Crippen LogP) is 8.12. The summed E-state index contributed by atoms with van der Waals surface area (Å²) in [6.45, 7) is 4.83. The van der Waals surface area contributed by atoms with Gasteiger partial charge in [-0.05, 0) is 89.5 Å². The van der Waals surface area contributed by atoms with Gasteiger partial charge < -0.3 is 24.2 Å². The number of hydrogen-bond donors (Lipinski definition) is 2. The maximum absolute atomic E-state index is 12.1. The molecule has 2 unspecified atom stereocenters. The molecule has 0 spiro atoms. The fraction of sp³-hybridized carbons (Fsp3) is 0.220. The number of fused-ring (bicyclic) bond motifs is 3. The van der Waals surface area contributed by atoms with Gasteiger partial charge >= 0.3 is 11.9 Å². The molecular formula is C50H50N4O8S3. The van der Waals surface area contributed by atoms with E-state index in [1.165, 1.54) is 30.4 Å². The van der Waals surface area contributed by atoms with Crippen molar-refractivity contribution in [2.75, 3.05) is 65.8 Å². The monoisotopic (exact) mass is 930 g/mol. The Morgan fingerprint density at radius 1 is 0.538 bits per heavy atom. The second-order valence-corrected chi connectivity index (χ2v) is 19.3. The third kappa shape index (κ3) is 11.9. The first-order chi connectivity index (χ1) is 31.6. The van der Waals surface area contributed by atoms with Crippen LogP contribution in [0.25, 0.3) is 0 Å². The maximum atomic E-state index is 12.1. The zero-order valence-electron chi connectivity index (χ0n) is 36.1. The summed E-state index contributed by atoms with van der Waals surface area (Å²) in [5.41, 5.74) is 9.86. The average Bonchev–Trinajstić information content (AvgIpc) is 3.36. The minimum atomic E-state index is -0.927. The number of carbonyl (C=O) groups excluding carboxylic acids is 3. The Hall–Kier alpha value is -6.26. The third-order valence-electron chi connectivity index (χ3n) is 11.0. The van der Waals surface area contributed by atoms with Crippen molar-refractivity contribution < 1.29 is 37.5 Å². The number of methoxy groups -OCH3 is 2. The molecule has 0 saturated carbocycles. The molecule has 3 heterocycles. The lowest BCUT2D eigenvalue weighted by atomic mass is 10.1. The average molecular weight is 931 g/mol. The van der Waals surface area contributed by atoms with Crippen molar-refractivity contribution in [2.45, 2.75) is 34.3 Å². The number of hydroxylamine groups is 1. The highest BCUT2D eigenvalue weighted by molar-refractivity contribution is 7.99. The van der Waals surface area contributed by atoms with Crippen LogP contribution in [0.4, 0.5) is 17.1 Å². The van der Waals surface area contributed by atoms with Gasteiger partial charge in [0.1, 0.15) is 0 Å².